The molecule has 0 atom stereocenters. The van der Waals surface area contributed by atoms with Crippen LogP contribution in [0.5, 0.6) is 0 Å². The second kappa shape index (κ2) is 6.80. The average molecular weight is 393 g/mol. The van der Waals surface area contributed by atoms with E-state index < -0.39 is 0 Å². The van der Waals surface area contributed by atoms with Gasteiger partial charge < -0.3 is 14.5 Å². The van der Waals surface area contributed by atoms with Gasteiger partial charge in [0.1, 0.15) is 0 Å². The third-order valence-electron chi connectivity index (χ3n) is 6.55. The second-order valence-corrected chi connectivity index (χ2v) is 9.25. The van der Waals surface area contributed by atoms with Crippen molar-refractivity contribution < 1.29 is 9.53 Å². The summed E-state index contributed by atoms with van der Waals surface area (Å²) in [5.41, 5.74) is 6.92. The molecule has 0 radical (unpaired) electrons. The highest BCUT2D eigenvalue weighted by Crippen LogP contribution is 2.35. The Kier molecular flexibility index (Phi) is 4.35. The number of carbonyl (C=O) groups excluding carboxylic acids is 1. The van der Waals surface area contributed by atoms with Gasteiger partial charge in [-0.3, -0.25) is 14.8 Å². The number of ether oxygens (including phenoxy) is 1. The Morgan fingerprint density at radius 2 is 2.07 bits per heavy atom. The van der Waals surface area contributed by atoms with Crippen molar-refractivity contribution >= 4 is 11.6 Å². The van der Waals surface area contributed by atoms with Gasteiger partial charge in [0.2, 0.25) is 5.91 Å². The van der Waals surface area contributed by atoms with Crippen LogP contribution >= 0.6 is 0 Å². The molecule has 2 aromatic heterocycles. The van der Waals surface area contributed by atoms with Crippen LogP contribution in [0.15, 0.2) is 24.5 Å². The molecule has 0 unspecified atom stereocenters. The van der Waals surface area contributed by atoms with Crippen molar-refractivity contribution in [2.24, 2.45) is 5.92 Å². The first kappa shape index (κ1) is 18.6. The Bertz CT molecular complexity index is 951. The fraction of sp³-hybridized carbons (Fsp3) is 0.522. The van der Waals surface area contributed by atoms with Crippen molar-refractivity contribution in [3.05, 3.63) is 52.6 Å². The first-order chi connectivity index (χ1) is 13.9. The van der Waals surface area contributed by atoms with Crippen molar-refractivity contribution in [1.82, 2.24) is 14.9 Å². The van der Waals surface area contributed by atoms with E-state index in [1.807, 2.05) is 17.2 Å². The summed E-state index contributed by atoms with van der Waals surface area (Å²) in [6.07, 6.45) is 5.11. The second-order valence-electron chi connectivity index (χ2n) is 9.25. The molecule has 0 bridgehead atoms. The largest absolute Gasteiger partial charge is 0.370 e. The van der Waals surface area contributed by atoms with E-state index in [-0.39, 0.29) is 11.5 Å². The minimum Gasteiger partial charge on any atom is -0.370 e. The van der Waals surface area contributed by atoms with Crippen LogP contribution in [0.25, 0.3) is 0 Å². The number of hydrogen-bond acceptors (Lipinski definition) is 5. The van der Waals surface area contributed by atoms with Crippen LogP contribution in [0.1, 0.15) is 48.3 Å². The summed E-state index contributed by atoms with van der Waals surface area (Å²) in [5.74, 6) is 0.663. The molecule has 1 saturated heterocycles. The predicted octanol–water partition coefficient (Wildman–Crippen LogP) is 3.01. The SMILES string of the molecule is Cc1c2c(nc3c1CN(C(=O)CC1CN(c4cccnc4)C1)C3)CC(C)(C)OC2. The molecule has 5 heterocycles. The quantitative estimate of drug-likeness (QED) is 0.804. The van der Waals surface area contributed by atoms with Gasteiger partial charge in [-0.15, -0.1) is 0 Å². The predicted molar refractivity (Wildman–Crippen MR) is 110 cm³/mol. The lowest BCUT2D eigenvalue weighted by Crippen LogP contribution is -2.48. The molecule has 0 saturated carbocycles. The van der Waals surface area contributed by atoms with Crippen LogP contribution in [0.2, 0.25) is 0 Å². The van der Waals surface area contributed by atoms with Gasteiger partial charge in [0, 0.05) is 55.8 Å². The van der Waals surface area contributed by atoms with Gasteiger partial charge in [-0.2, -0.15) is 0 Å². The Balaban J connectivity index is 1.23. The monoisotopic (exact) mass is 392 g/mol. The Labute approximate surface area is 171 Å². The van der Waals surface area contributed by atoms with Gasteiger partial charge in [0.05, 0.1) is 36.3 Å². The lowest BCUT2D eigenvalue weighted by atomic mass is 9.91. The molecule has 0 aliphatic carbocycles. The minimum atomic E-state index is -0.168. The number of amides is 1. The summed E-state index contributed by atoms with van der Waals surface area (Å²) < 4.78 is 6.00. The number of aromatic nitrogens is 2. The highest BCUT2D eigenvalue weighted by atomic mass is 16.5. The Hall–Kier alpha value is -2.47. The summed E-state index contributed by atoms with van der Waals surface area (Å²) >= 11 is 0. The lowest BCUT2D eigenvalue weighted by molar-refractivity contribution is -0.133. The summed E-state index contributed by atoms with van der Waals surface area (Å²) in [7, 11) is 0. The maximum absolute atomic E-state index is 12.9. The summed E-state index contributed by atoms with van der Waals surface area (Å²) in [6.45, 7) is 10.2. The number of nitrogens with zero attached hydrogens (tertiary/aromatic N) is 4. The normalized spacial score (nSPS) is 20.2. The molecule has 3 aliphatic rings. The molecular formula is C23H28N4O2. The molecule has 29 heavy (non-hydrogen) atoms. The van der Waals surface area contributed by atoms with Crippen molar-refractivity contribution in [1.29, 1.82) is 0 Å². The number of carbonyl (C=O) groups is 1. The van der Waals surface area contributed by atoms with Crippen molar-refractivity contribution in [2.45, 2.75) is 58.9 Å². The molecule has 1 fully saturated rings. The number of rotatable bonds is 3. The average Bonchev–Trinajstić information content (AvgIpc) is 3.08. The van der Waals surface area contributed by atoms with Gasteiger partial charge in [0.25, 0.3) is 0 Å². The zero-order valence-corrected chi connectivity index (χ0v) is 17.4. The number of fused-ring (bicyclic) bond motifs is 2. The highest BCUT2D eigenvalue weighted by Gasteiger charge is 2.35. The lowest BCUT2D eigenvalue weighted by Gasteiger charge is -2.41. The maximum atomic E-state index is 12.9. The molecule has 0 spiro atoms. The highest BCUT2D eigenvalue weighted by molar-refractivity contribution is 5.77. The first-order valence-corrected chi connectivity index (χ1v) is 10.5. The van der Waals surface area contributed by atoms with E-state index in [2.05, 4.69) is 36.7 Å². The van der Waals surface area contributed by atoms with Crippen LogP contribution in [-0.4, -0.2) is 39.5 Å². The standard InChI is InChI=1S/C23H28N4O2/c1-15-18-12-27(13-21(18)25-20-8-23(2,3)29-14-19(15)20)22(28)7-16-10-26(11-16)17-5-4-6-24-9-17/h4-6,9,16H,7-8,10-14H2,1-3H3. The van der Waals surface area contributed by atoms with Crippen LogP contribution in [-0.2, 0) is 35.6 Å². The molecule has 5 rings (SSSR count). The topological polar surface area (TPSA) is 58.6 Å². The summed E-state index contributed by atoms with van der Waals surface area (Å²) in [6, 6.07) is 4.03. The molecule has 152 valence electrons. The van der Waals surface area contributed by atoms with Gasteiger partial charge in [-0.05, 0) is 44.0 Å². The molecule has 3 aliphatic heterocycles. The van der Waals surface area contributed by atoms with Gasteiger partial charge in [0.15, 0.2) is 0 Å². The van der Waals surface area contributed by atoms with E-state index in [0.717, 1.165) is 36.6 Å². The maximum Gasteiger partial charge on any atom is 0.223 e. The van der Waals surface area contributed by atoms with Gasteiger partial charge >= 0.3 is 0 Å². The first-order valence-electron chi connectivity index (χ1n) is 10.5. The molecule has 0 aromatic carbocycles. The van der Waals surface area contributed by atoms with E-state index in [0.29, 0.717) is 32.0 Å². The molecule has 0 N–H and O–H groups in total. The molecular weight excluding hydrogens is 364 g/mol. The third kappa shape index (κ3) is 3.39. The summed E-state index contributed by atoms with van der Waals surface area (Å²) in [5, 5.41) is 0. The van der Waals surface area contributed by atoms with E-state index in [9.17, 15) is 4.79 Å². The minimum absolute atomic E-state index is 0.168. The zero-order valence-electron chi connectivity index (χ0n) is 17.4. The van der Waals surface area contributed by atoms with Crippen molar-refractivity contribution in [2.75, 3.05) is 18.0 Å². The van der Waals surface area contributed by atoms with Gasteiger partial charge in [-0.1, -0.05) is 0 Å². The zero-order chi connectivity index (χ0) is 20.2. The molecule has 6 nitrogen and oxygen atoms in total. The molecule has 2 aromatic rings. The van der Waals surface area contributed by atoms with Gasteiger partial charge in [-0.25, -0.2) is 0 Å². The third-order valence-corrected chi connectivity index (χ3v) is 6.55. The van der Waals surface area contributed by atoms with Crippen LogP contribution in [0.3, 0.4) is 0 Å². The Morgan fingerprint density at radius 1 is 1.24 bits per heavy atom. The van der Waals surface area contributed by atoms with E-state index in [1.54, 1.807) is 6.20 Å². The van der Waals surface area contributed by atoms with Crippen LogP contribution < -0.4 is 4.90 Å². The fourth-order valence-electron chi connectivity index (χ4n) is 4.74. The molecule has 6 heteroatoms. The number of pyridine rings is 2. The van der Waals surface area contributed by atoms with E-state index in [4.69, 9.17) is 9.72 Å². The Morgan fingerprint density at radius 3 is 2.83 bits per heavy atom. The van der Waals surface area contributed by atoms with Crippen molar-refractivity contribution in [3.63, 3.8) is 0 Å². The van der Waals surface area contributed by atoms with E-state index in [1.165, 1.54) is 16.7 Å². The summed E-state index contributed by atoms with van der Waals surface area (Å²) in [4.78, 5) is 26.3. The van der Waals surface area contributed by atoms with Crippen molar-refractivity contribution in [3.8, 4) is 0 Å². The smallest absolute Gasteiger partial charge is 0.223 e. The molecule has 1 amide bonds. The fourth-order valence-corrected chi connectivity index (χ4v) is 4.74. The van der Waals surface area contributed by atoms with Crippen LogP contribution in [0, 0.1) is 12.8 Å². The van der Waals surface area contributed by atoms with E-state index >= 15 is 0 Å². The number of hydrogen-bond donors (Lipinski definition) is 0. The van der Waals surface area contributed by atoms with Crippen LogP contribution in [0.4, 0.5) is 5.69 Å². The number of anilines is 1.